The Kier molecular flexibility index (Phi) is 4.28. The number of hydrogen-bond acceptors (Lipinski definition) is 0. The molecule has 0 heterocycles. The Bertz CT molecular complexity index is 386. The van der Waals surface area contributed by atoms with Crippen LogP contribution in [0.3, 0.4) is 0 Å². The van der Waals surface area contributed by atoms with Gasteiger partial charge in [0.25, 0.3) is 0 Å². The van der Waals surface area contributed by atoms with Crippen molar-refractivity contribution in [3.05, 3.63) is 46.5 Å². The van der Waals surface area contributed by atoms with Gasteiger partial charge in [-0.15, -0.1) is 0 Å². The highest BCUT2D eigenvalue weighted by Gasteiger charge is 2.24. The molecule has 0 aromatic heterocycles. The summed E-state index contributed by atoms with van der Waals surface area (Å²) in [6.45, 7) is 4.25. The topological polar surface area (TPSA) is 0 Å². The van der Waals surface area contributed by atoms with Crippen LogP contribution in [-0.4, -0.2) is 0 Å². The second-order valence-electron chi connectivity index (χ2n) is 5.14. The SMILES string of the molecule is C/C=C/C1CCCCC1c1cc(C)cc(Cl)c1. The lowest BCUT2D eigenvalue weighted by Crippen LogP contribution is -2.16. The van der Waals surface area contributed by atoms with E-state index in [-0.39, 0.29) is 0 Å². The predicted octanol–water partition coefficient (Wildman–Crippen LogP) is 5.50. The van der Waals surface area contributed by atoms with Crippen molar-refractivity contribution in [2.75, 3.05) is 0 Å². The first-order valence-electron chi connectivity index (χ1n) is 6.60. The standard InChI is InChI=1S/C16H21Cl/c1-3-6-13-7-4-5-8-16(13)14-9-12(2)10-15(17)11-14/h3,6,9-11,13,16H,4-5,7-8H2,1-2H3/b6-3+. The quantitative estimate of drug-likeness (QED) is 0.607. The third-order valence-corrected chi connectivity index (χ3v) is 3.97. The molecule has 0 amide bonds. The van der Waals surface area contributed by atoms with Crippen molar-refractivity contribution in [3.8, 4) is 0 Å². The summed E-state index contributed by atoms with van der Waals surface area (Å²) in [6.07, 6.45) is 9.91. The monoisotopic (exact) mass is 248 g/mol. The fourth-order valence-electron chi connectivity index (χ4n) is 3.03. The molecule has 1 heteroatoms. The van der Waals surface area contributed by atoms with Crippen LogP contribution < -0.4 is 0 Å². The Morgan fingerprint density at radius 3 is 2.65 bits per heavy atom. The maximum atomic E-state index is 6.18. The highest BCUT2D eigenvalue weighted by Crippen LogP contribution is 2.39. The zero-order chi connectivity index (χ0) is 12.3. The molecule has 1 fully saturated rings. The van der Waals surface area contributed by atoms with E-state index >= 15 is 0 Å². The van der Waals surface area contributed by atoms with Crippen LogP contribution in [0.25, 0.3) is 0 Å². The van der Waals surface area contributed by atoms with Gasteiger partial charge in [-0.05, 0) is 61.8 Å². The van der Waals surface area contributed by atoms with E-state index in [2.05, 4.69) is 38.1 Å². The fraction of sp³-hybridized carbons (Fsp3) is 0.500. The van der Waals surface area contributed by atoms with Gasteiger partial charge in [-0.3, -0.25) is 0 Å². The molecule has 1 aliphatic carbocycles. The van der Waals surface area contributed by atoms with E-state index in [1.807, 2.05) is 6.07 Å². The Hall–Kier alpha value is -0.750. The Balaban J connectivity index is 2.28. The van der Waals surface area contributed by atoms with E-state index in [1.54, 1.807) is 0 Å². The van der Waals surface area contributed by atoms with Gasteiger partial charge in [0.2, 0.25) is 0 Å². The lowest BCUT2D eigenvalue weighted by Gasteiger charge is -2.30. The van der Waals surface area contributed by atoms with E-state index in [1.165, 1.54) is 36.8 Å². The van der Waals surface area contributed by atoms with E-state index < -0.39 is 0 Å². The summed E-state index contributed by atoms with van der Waals surface area (Å²) < 4.78 is 0. The second-order valence-corrected chi connectivity index (χ2v) is 5.58. The first kappa shape index (κ1) is 12.7. The minimum atomic E-state index is 0.664. The summed E-state index contributed by atoms with van der Waals surface area (Å²) >= 11 is 6.18. The van der Waals surface area contributed by atoms with Crippen molar-refractivity contribution in [1.29, 1.82) is 0 Å². The summed E-state index contributed by atoms with van der Waals surface area (Å²) in [4.78, 5) is 0. The van der Waals surface area contributed by atoms with Crippen molar-refractivity contribution >= 4 is 11.6 Å². The normalized spacial score (nSPS) is 25.4. The van der Waals surface area contributed by atoms with Crippen molar-refractivity contribution in [1.82, 2.24) is 0 Å². The van der Waals surface area contributed by atoms with Gasteiger partial charge in [0.05, 0.1) is 0 Å². The number of aryl methyl sites for hydroxylation is 1. The minimum Gasteiger partial charge on any atom is -0.0914 e. The first-order valence-corrected chi connectivity index (χ1v) is 6.98. The predicted molar refractivity (Wildman–Crippen MR) is 75.7 cm³/mol. The van der Waals surface area contributed by atoms with Crippen LogP contribution in [0.4, 0.5) is 0 Å². The van der Waals surface area contributed by atoms with E-state index in [0.717, 1.165) is 5.02 Å². The minimum absolute atomic E-state index is 0.664. The summed E-state index contributed by atoms with van der Waals surface area (Å²) in [7, 11) is 0. The average Bonchev–Trinajstić information content (AvgIpc) is 2.29. The molecule has 1 aromatic rings. The molecule has 92 valence electrons. The Labute approximate surface area is 110 Å². The van der Waals surface area contributed by atoms with E-state index in [9.17, 15) is 0 Å². The molecule has 2 rings (SSSR count). The van der Waals surface area contributed by atoms with Crippen LogP contribution in [0, 0.1) is 12.8 Å². The lowest BCUT2D eigenvalue weighted by molar-refractivity contribution is 0.362. The molecule has 0 aliphatic heterocycles. The van der Waals surface area contributed by atoms with Gasteiger partial charge < -0.3 is 0 Å². The van der Waals surface area contributed by atoms with Crippen molar-refractivity contribution in [3.63, 3.8) is 0 Å². The number of rotatable bonds is 2. The smallest absolute Gasteiger partial charge is 0.0411 e. The summed E-state index contributed by atoms with van der Waals surface area (Å²) in [5.74, 6) is 1.36. The number of hydrogen-bond donors (Lipinski definition) is 0. The van der Waals surface area contributed by atoms with Crippen molar-refractivity contribution in [2.24, 2.45) is 5.92 Å². The van der Waals surface area contributed by atoms with Gasteiger partial charge in [-0.1, -0.05) is 42.7 Å². The van der Waals surface area contributed by atoms with Crippen molar-refractivity contribution in [2.45, 2.75) is 45.4 Å². The maximum Gasteiger partial charge on any atom is 0.0411 e. The summed E-state index contributed by atoms with van der Waals surface area (Å²) in [5.41, 5.74) is 2.70. The second kappa shape index (κ2) is 5.73. The highest BCUT2D eigenvalue weighted by molar-refractivity contribution is 6.30. The van der Waals surface area contributed by atoms with Gasteiger partial charge in [0.1, 0.15) is 0 Å². The highest BCUT2D eigenvalue weighted by atomic mass is 35.5. The Morgan fingerprint density at radius 1 is 1.18 bits per heavy atom. The number of allylic oxidation sites excluding steroid dienone is 2. The third kappa shape index (κ3) is 3.13. The fourth-order valence-corrected chi connectivity index (χ4v) is 3.33. The van der Waals surface area contributed by atoms with Gasteiger partial charge in [-0.25, -0.2) is 0 Å². The van der Waals surface area contributed by atoms with Crippen molar-refractivity contribution < 1.29 is 0 Å². The average molecular weight is 249 g/mol. The maximum absolute atomic E-state index is 6.18. The van der Waals surface area contributed by atoms with Gasteiger partial charge in [-0.2, -0.15) is 0 Å². The Morgan fingerprint density at radius 2 is 1.94 bits per heavy atom. The third-order valence-electron chi connectivity index (χ3n) is 3.75. The van der Waals surface area contributed by atoms with Crippen LogP contribution in [-0.2, 0) is 0 Å². The molecular formula is C16H21Cl. The molecule has 0 N–H and O–H groups in total. The largest absolute Gasteiger partial charge is 0.0914 e. The summed E-state index contributed by atoms with van der Waals surface area (Å²) in [5, 5.41) is 0.879. The number of benzene rings is 1. The molecule has 0 bridgehead atoms. The van der Waals surface area contributed by atoms with Gasteiger partial charge >= 0.3 is 0 Å². The van der Waals surface area contributed by atoms with E-state index in [4.69, 9.17) is 11.6 Å². The van der Waals surface area contributed by atoms with E-state index in [0.29, 0.717) is 11.8 Å². The first-order chi connectivity index (χ1) is 8.20. The van der Waals surface area contributed by atoms with Crippen LogP contribution in [0.5, 0.6) is 0 Å². The van der Waals surface area contributed by atoms with Crippen LogP contribution in [0.2, 0.25) is 5.02 Å². The molecule has 2 unspecified atom stereocenters. The summed E-state index contributed by atoms with van der Waals surface area (Å²) in [6, 6.07) is 6.50. The van der Waals surface area contributed by atoms with Crippen LogP contribution >= 0.6 is 11.6 Å². The molecule has 0 nitrogen and oxygen atoms in total. The molecule has 1 aromatic carbocycles. The molecule has 0 radical (unpaired) electrons. The van der Waals surface area contributed by atoms with Crippen LogP contribution in [0.15, 0.2) is 30.4 Å². The molecule has 0 saturated heterocycles. The van der Waals surface area contributed by atoms with Gasteiger partial charge in [0.15, 0.2) is 0 Å². The van der Waals surface area contributed by atoms with Crippen LogP contribution in [0.1, 0.15) is 49.7 Å². The zero-order valence-electron chi connectivity index (χ0n) is 10.7. The number of halogens is 1. The molecular weight excluding hydrogens is 228 g/mol. The molecule has 17 heavy (non-hydrogen) atoms. The lowest BCUT2D eigenvalue weighted by atomic mass is 9.75. The molecule has 2 atom stereocenters. The molecule has 1 saturated carbocycles. The zero-order valence-corrected chi connectivity index (χ0v) is 11.5. The van der Waals surface area contributed by atoms with Gasteiger partial charge in [0, 0.05) is 5.02 Å². The molecule has 1 aliphatic rings. The molecule has 0 spiro atoms.